The van der Waals surface area contributed by atoms with Crippen LogP contribution in [0.25, 0.3) is 0 Å². The standard InChI is InChI=1S/C18H32N4O3/c1-7-19-16(20-11-14-9-8-10-24-14)21-12-15(13(2)3)22-17(23)25-18(4,5)6/h8-10,13,15H,7,11-12H2,1-6H3,(H,22,23)(H2,19,20,21). The monoisotopic (exact) mass is 352 g/mol. The van der Waals surface area contributed by atoms with E-state index >= 15 is 0 Å². The van der Waals surface area contributed by atoms with Gasteiger partial charge >= 0.3 is 6.09 Å². The summed E-state index contributed by atoms with van der Waals surface area (Å²) in [6.07, 6.45) is 1.22. The fourth-order valence-electron chi connectivity index (χ4n) is 2.02. The number of hydrogen-bond acceptors (Lipinski definition) is 4. The molecule has 1 aromatic rings. The molecule has 0 aliphatic carbocycles. The number of amides is 1. The van der Waals surface area contributed by atoms with Crippen LogP contribution < -0.4 is 16.0 Å². The molecule has 0 spiro atoms. The minimum absolute atomic E-state index is 0.0812. The van der Waals surface area contributed by atoms with E-state index in [1.54, 1.807) is 6.26 Å². The summed E-state index contributed by atoms with van der Waals surface area (Å²) >= 11 is 0. The van der Waals surface area contributed by atoms with Crippen molar-refractivity contribution in [3.63, 3.8) is 0 Å². The van der Waals surface area contributed by atoms with Crippen LogP contribution >= 0.6 is 0 Å². The minimum atomic E-state index is -0.515. The van der Waals surface area contributed by atoms with Crippen molar-refractivity contribution in [2.75, 3.05) is 13.1 Å². The van der Waals surface area contributed by atoms with E-state index < -0.39 is 11.7 Å². The lowest BCUT2D eigenvalue weighted by Crippen LogP contribution is -2.50. The van der Waals surface area contributed by atoms with Crippen LogP contribution in [0.4, 0.5) is 4.79 Å². The summed E-state index contributed by atoms with van der Waals surface area (Å²) in [5, 5.41) is 9.36. The second kappa shape index (κ2) is 9.96. The first-order valence-corrected chi connectivity index (χ1v) is 8.75. The topological polar surface area (TPSA) is 87.9 Å². The van der Waals surface area contributed by atoms with Gasteiger partial charge in [-0.3, -0.25) is 0 Å². The first-order chi connectivity index (χ1) is 11.7. The number of ether oxygens (including phenoxy) is 1. The summed E-state index contributed by atoms with van der Waals surface area (Å²) in [6, 6.07) is 3.64. The highest BCUT2D eigenvalue weighted by atomic mass is 16.6. The maximum Gasteiger partial charge on any atom is 0.407 e. The van der Waals surface area contributed by atoms with E-state index in [1.165, 1.54) is 0 Å². The van der Waals surface area contributed by atoms with Crippen LogP contribution in [0.2, 0.25) is 0 Å². The summed E-state index contributed by atoms with van der Waals surface area (Å²) < 4.78 is 10.6. The van der Waals surface area contributed by atoms with Crippen molar-refractivity contribution >= 4 is 12.1 Å². The molecule has 1 atom stereocenters. The largest absolute Gasteiger partial charge is 0.467 e. The molecule has 0 aliphatic heterocycles. The predicted molar refractivity (Wildman–Crippen MR) is 99.5 cm³/mol. The first kappa shape index (κ1) is 20.9. The van der Waals surface area contributed by atoms with Gasteiger partial charge in [-0.2, -0.15) is 0 Å². The Morgan fingerprint density at radius 3 is 2.56 bits per heavy atom. The normalized spacial score (nSPS) is 13.5. The number of hydrogen-bond donors (Lipinski definition) is 3. The van der Waals surface area contributed by atoms with Crippen LogP contribution in [0.3, 0.4) is 0 Å². The summed E-state index contributed by atoms with van der Waals surface area (Å²) in [7, 11) is 0. The molecule has 0 aliphatic rings. The summed E-state index contributed by atoms with van der Waals surface area (Å²) in [5.74, 6) is 1.72. The van der Waals surface area contributed by atoms with Crippen LogP contribution in [-0.2, 0) is 11.3 Å². The smallest absolute Gasteiger partial charge is 0.407 e. The Balaban J connectivity index is 2.59. The molecule has 0 saturated heterocycles. The van der Waals surface area contributed by atoms with E-state index in [-0.39, 0.29) is 12.0 Å². The fraction of sp³-hybridized carbons (Fsp3) is 0.667. The highest BCUT2D eigenvalue weighted by Crippen LogP contribution is 2.08. The number of guanidine groups is 1. The Labute approximate surface area is 150 Å². The van der Waals surface area contributed by atoms with Gasteiger partial charge in [0.05, 0.1) is 12.3 Å². The van der Waals surface area contributed by atoms with Gasteiger partial charge in [-0.25, -0.2) is 9.79 Å². The Hall–Kier alpha value is -2.18. The van der Waals surface area contributed by atoms with E-state index in [9.17, 15) is 4.79 Å². The Morgan fingerprint density at radius 1 is 1.32 bits per heavy atom. The van der Waals surface area contributed by atoms with Crippen LogP contribution in [-0.4, -0.2) is 36.8 Å². The van der Waals surface area contributed by atoms with Gasteiger partial charge in [0.15, 0.2) is 5.96 Å². The Morgan fingerprint density at radius 2 is 2.04 bits per heavy atom. The lowest BCUT2D eigenvalue weighted by Gasteiger charge is -2.26. The maximum atomic E-state index is 12.0. The van der Waals surface area contributed by atoms with Crippen LogP contribution in [0.15, 0.2) is 27.8 Å². The second-order valence-electron chi connectivity index (χ2n) is 7.15. The molecule has 1 heterocycles. The average Bonchev–Trinajstić information content (AvgIpc) is 2.99. The first-order valence-electron chi connectivity index (χ1n) is 8.75. The fourth-order valence-corrected chi connectivity index (χ4v) is 2.02. The number of carbonyl (C=O) groups is 1. The van der Waals surface area contributed by atoms with Crippen molar-refractivity contribution in [1.82, 2.24) is 16.0 Å². The van der Waals surface area contributed by atoms with E-state index in [2.05, 4.69) is 34.8 Å². The van der Waals surface area contributed by atoms with Gasteiger partial charge in [0.2, 0.25) is 0 Å². The zero-order valence-electron chi connectivity index (χ0n) is 16.2. The Kier molecular flexibility index (Phi) is 8.31. The molecule has 1 unspecified atom stereocenters. The van der Waals surface area contributed by atoms with E-state index in [4.69, 9.17) is 9.15 Å². The summed E-state index contributed by atoms with van der Waals surface area (Å²) in [6.45, 7) is 13.4. The maximum absolute atomic E-state index is 12.0. The van der Waals surface area contributed by atoms with E-state index in [1.807, 2.05) is 39.8 Å². The molecule has 7 heteroatoms. The molecule has 25 heavy (non-hydrogen) atoms. The van der Waals surface area contributed by atoms with Crippen molar-refractivity contribution in [3.8, 4) is 0 Å². The van der Waals surface area contributed by atoms with E-state index in [0.717, 1.165) is 12.3 Å². The average molecular weight is 352 g/mol. The molecule has 142 valence electrons. The molecule has 0 saturated carbocycles. The number of furan rings is 1. The third-order valence-corrected chi connectivity index (χ3v) is 3.31. The van der Waals surface area contributed by atoms with Crippen molar-refractivity contribution < 1.29 is 13.9 Å². The molecular formula is C18H32N4O3. The lowest BCUT2D eigenvalue weighted by atomic mass is 10.0. The van der Waals surface area contributed by atoms with Crippen molar-refractivity contribution in [2.24, 2.45) is 10.9 Å². The van der Waals surface area contributed by atoms with Crippen molar-refractivity contribution in [2.45, 2.75) is 59.7 Å². The number of carbonyl (C=O) groups excluding carboxylic acids is 1. The van der Waals surface area contributed by atoms with Crippen molar-refractivity contribution in [1.29, 1.82) is 0 Å². The zero-order chi connectivity index (χ0) is 18.9. The molecule has 7 nitrogen and oxygen atoms in total. The molecular weight excluding hydrogens is 320 g/mol. The number of nitrogens with one attached hydrogen (secondary N) is 3. The highest BCUT2D eigenvalue weighted by Gasteiger charge is 2.21. The molecule has 0 fully saturated rings. The van der Waals surface area contributed by atoms with Crippen LogP contribution in [0.1, 0.15) is 47.3 Å². The van der Waals surface area contributed by atoms with Gasteiger partial charge in [-0.15, -0.1) is 0 Å². The number of aliphatic imine (C=N–C) groups is 1. The SMILES string of the molecule is CCNC(=NCc1ccco1)NCC(NC(=O)OC(C)(C)C)C(C)C. The van der Waals surface area contributed by atoms with Gasteiger partial charge < -0.3 is 25.1 Å². The van der Waals surface area contributed by atoms with E-state index in [0.29, 0.717) is 19.0 Å². The number of nitrogens with zero attached hydrogens (tertiary/aromatic N) is 1. The van der Waals surface area contributed by atoms with Gasteiger partial charge in [0.25, 0.3) is 0 Å². The third-order valence-electron chi connectivity index (χ3n) is 3.31. The Bertz CT molecular complexity index is 533. The van der Waals surface area contributed by atoms with Gasteiger partial charge in [-0.1, -0.05) is 13.8 Å². The number of rotatable bonds is 7. The molecule has 3 N–H and O–H groups in total. The minimum Gasteiger partial charge on any atom is -0.467 e. The second-order valence-corrected chi connectivity index (χ2v) is 7.15. The van der Waals surface area contributed by atoms with Crippen LogP contribution in [0.5, 0.6) is 0 Å². The molecule has 0 radical (unpaired) electrons. The molecule has 1 amide bonds. The summed E-state index contributed by atoms with van der Waals surface area (Å²) in [4.78, 5) is 16.5. The van der Waals surface area contributed by atoms with Gasteiger partial charge in [0.1, 0.15) is 17.9 Å². The van der Waals surface area contributed by atoms with Crippen LogP contribution in [0, 0.1) is 5.92 Å². The molecule has 1 rings (SSSR count). The van der Waals surface area contributed by atoms with Crippen molar-refractivity contribution in [3.05, 3.63) is 24.2 Å². The quantitative estimate of drug-likeness (QED) is 0.519. The molecule has 0 aromatic carbocycles. The summed E-state index contributed by atoms with van der Waals surface area (Å²) in [5.41, 5.74) is -0.515. The van der Waals surface area contributed by atoms with Gasteiger partial charge in [-0.05, 0) is 45.7 Å². The van der Waals surface area contributed by atoms with Gasteiger partial charge in [0, 0.05) is 13.1 Å². The number of alkyl carbamates (subject to hydrolysis) is 1. The predicted octanol–water partition coefficient (Wildman–Crippen LogP) is 2.88. The third kappa shape index (κ3) is 9.02. The molecule has 1 aromatic heterocycles. The highest BCUT2D eigenvalue weighted by molar-refractivity contribution is 5.79. The lowest BCUT2D eigenvalue weighted by molar-refractivity contribution is 0.0491. The molecule has 0 bridgehead atoms. The zero-order valence-corrected chi connectivity index (χ0v) is 16.2.